The van der Waals surface area contributed by atoms with Crippen molar-refractivity contribution in [3.8, 4) is 11.5 Å². The average Bonchev–Trinajstić information content (AvgIpc) is 2.99. The third kappa shape index (κ3) is 3.00. The lowest BCUT2D eigenvalue weighted by Crippen LogP contribution is -2.56. The normalized spacial score (nSPS) is 24.4. The van der Waals surface area contributed by atoms with E-state index in [1.54, 1.807) is 19.2 Å². The van der Waals surface area contributed by atoms with Crippen molar-refractivity contribution in [2.24, 2.45) is 0 Å². The molecule has 2 aliphatic heterocycles. The van der Waals surface area contributed by atoms with Crippen LogP contribution in [0.25, 0.3) is 0 Å². The number of fused-ring (bicyclic) bond motifs is 1. The number of piperazine rings is 1. The molecule has 6 heteroatoms. The summed E-state index contributed by atoms with van der Waals surface area (Å²) in [5.41, 5.74) is 0.547. The number of hydrogen-bond donors (Lipinski definition) is 0. The van der Waals surface area contributed by atoms with E-state index in [1.165, 1.54) is 20.0 Å². The molecule has 0 spiro atoms. The van der Waals surface area contributed by atoms with Crippen LogP contribution < -0.4 is 9.47 Å². The molecule has 0 aliphatic carbocycles. The summed E-state index contributed by atoms with van der Waals surface area (Å²) in [7, 11) is 3.08. The highest BCUT2D eigenvalue weighted by atomic mass is 35.5. The highest BCUT2D eigenvalue weighted by Gasteiger charge is 2.37. The van der Waals surface area contributed by atoms with E-state index < -0.39 is 0 Å². The Morgan fingerprint density at radius 2 is 2.04 bits per heavy atom. The highest BCUT2D eigenvalue weighted by Crippen LogP contribution is 2.37. The molecular formula is C17H23ClN2O3. The summed E-state index contributed by atoms with van der Waals surface area (Å²) in [4.78, 5) is 17.4. The quantitative estimate of drug-likeness (QED) is 0.849. The maximum Gasteiger partial charge on any atom is 0.254 e. The summed E-state index contributed by atoms with van der Waals surface area (Å²) in [5, 5.41) is 0.391. The SMILES string of the molecule is COc1cc(C(=O)N2C[C@H]3CCCN3C[C@H]2C)cc(Cl)c1OC. The maximum atomic E-state index is 13.0. The highest BCUT2D eigenvalue weighted by molar-refractivity contribution is 6.32. The molecule has 0 saturated carbocycles. The molecule has 2 aliphatic rings. The number of halogens is 1. The fraction of sp³-hybridized carbons (Fsp3) is 0.588. The number of methoxy groups -OCH3 is 2. The lowest BCUT2D eigenvalue weighted by atomic mass is 10.1. The van der Waals surface area contributed by atoms with Gasteiger partial charge in [-0.15, -0.1) is 0 Å². The van der Waals surface area contributed by atoms with Crippen molar-refractivity contribution in [3.63, 3.8) is 0 Å². The second-order valence-electron chi connectivity index (χ2n) is 6.29. The molecule has 0 radical (unpaired) electrons. The summed E-state index contributed by atoms with van der Waals surface area (Å²) in [6.07, 6.45) is 2.39. The summed E-state index contributed by atoms with van der Waals surface area (Å²) >= 11 is 6.24. The van der Waals surface area contributed by atoms with Crippen LogP contribution in [-0.4, -0.2) is 61.6 Å². The van der Waals surface area contributed by atoms with Crippen LogP contribution in [0.3, 0.4) is 0 Å². The van der Waals surface area contributed by atoms with Gasteiger partial charge in [-0.1, -0.05) is 11.6 Å². The molecule has 2 saturated heterocycles. The average molecular weight is 339 g/mol. The molecule has 2 fully saturated rings. The Labute approximate surface area is 142 Å². The van der Waals surface area contributed by atoms with Crippen LogP contribution in [0.2, 0.25) is 5.02 Å². The lowest BCUT2D eigenvalue weighted by Gasteiger charge is -2.42. The number of ether oxygens (including phenoxy) is 2. The van der Waals surface area contributed by atoms with E-state index in [0.29, 0.717) is 28.1 Å². The number of nitrogens with zero attached hydrogens (tertiary/aromatic N) is 2. The van der Waals surface area contributed by atoms with Crippen molar-refractivity contribution in [2.75, 3.05) is 33.9 Å². The van der Waals surface area contributed by atoms with Crippen LogP contribution in [0.5, 0.6) is 11.5 Å². The van der Waals surface area contributed by atoms with E-state index in [0.717, 1.165) is 19.6 Å². The van der Waals surface area contributed by atoms with Crippen molar-refractivity contribution >= 4 is 17.5 Å². The van der Waals surface area contributed by atoms with Gasteiger partial charge in [-0.3, -0.25) is 9.69 Å². The predicted octanol–water partition coefficient (Wildman–Crippen LogP) is 2.67. The summed E-state index contributed by atoms with van der Waals surface area (Å²) in [6.45, 7) is 4.98. The minimum atomic E-state index is 0.00639. The lowest BCUT2D eigenvalue weighted by molar-refractivity contribution is 0.0395. The molecule has 1 aromatic rings. The zero-order valence-electron chi connectivity index (χ0n) is 13.8. The number of benzene rings is 1. The van der Waals surface area contributed by atoms with Gasteiger partial charge in [0.05, 0.1) is 19.2 Å². The number of amides is 1. The van der Waals surface area contributed by atoms with E-state index in [9.17, 15) is 4.79 Å². The Hall–Kier alpha value is -1.46. The fourth-order valence-corrected chi connectivity index (χ4v) is 3.97. The minimum Gasteiger partial charge on any atom is -0.493 e. The molecule has 0 bridgehead atoms. The van der Waals surface area contributed by atoms with Gasteiger partial charge in [0.1, 0.15) is 0 Å². The van der Waals surface area contributed by atoms with Crippen LogP contribution in [0.15, 0.2) is 12.1 Å². The second-order valence-corrected chi connectivity index (χ2v) is 6.70. The van der Waals surface area contributed by atoms with Crippen molar-refractivity contribution in [3.05, 3.63) is 22.7 Å². The third-order valence-corrected chi connectivity index (χ3v) is 5.16. The number of carbonyl (C=O) groups is 1. The molecule has 3 rings (SSSR count). The molecule has 1 aromatic carbocycles. The van der Waals surface area contributed by atoms with E-state index in [-0.39, 0.29) is 11.9 Å². The molecule has 0 N–H and O–H groups in total. The van der Waals surface area contributed by atoms with Crippen LogP contribution in [0, 0.1) is 0 Å². The van der Waals surface area contributed by atoms with Crippen LogP contribution in [-0.2, 0) is 0 Å². The van der Waals surface area contributed by atoms with Gasteiger partial charge in [-0.05, 0) is 38.4 Å². The van der Waals surface area contributed by atoms with Gasteiger partial charge >= 0.3 is 0 Å². The van der Waals surface area contributed by atoms with E-state index in [2.05, 4.69) is 11.8 Å². The fourth-order valence-electron chi connectivity index (χ4n) is 3.68. The van der Waals surface area contributed by atoms with Gasteiger partial charge in [-0.25, -0.2) is 0 Å². The molecule has 5 nitrogen and oxygen atoms in total. The van der Waals surface area contributed by atoms with Crippen LogP contribution in [0.4, 0.5) is 0 Å². The molecule has 126 valence electrons. The molecular weight excluding hydrogens is 316 g/mol. The zero-order valence-corrected chi connectivity index (χ0v) is 14.6. The van der Waals surface area contributed by atoms with E-state index in [4.69, 9.17) is 21.1 Å². The van der Waals surface area contributed by atoms with E-state index >= 15 is 0 Å². The Bertz CT molecular complexity index is 608. The first-order valence-electron chi connectivity index (χ1n) is 8.01. The summed E-state index contributed by atoms with van der Waals surface area (Å²) < 4.78 is 10.5. The first-order valence-corrected chi connectivity index (χ1v) is 8.39. The second kappa shape index (κ2) is 6.57. The molecule has 2 heterocycles. The first kappa shape index (κ1) is 16.4. The largest absolute Gasteiger partial charge is 0.493 e. The molecule has 0 unspecified atom stereocenters. The van der Waals surface area contributed by atoms with Gasteiger partial charge in [0.2, 0.25) is 0 Å². The smallest absolute Gasteiger partial charge is 0.254 e. The minimum absolute atomic E-state index is 0.00639. The molecule has 1 amide bonds. The molecule has 2 atom stereocenters. The Morgan fingerprint density at radius 3 is 2.74 bits per heavy atom. The topological polar surface area (TPSA) is 42.0 Å². The first-order chi connectivity index (χ1) is 11.0. The maximum absolute atomic E-state index is 13.0. The van der Waals surface area contributed by atoms with E-state index in [1.807, 2.05) is 4.90 Å². The summed E-state index contributed by atoms with van der Waals surface area (Å²) in [5.74, 6) is 0.946. The monoisotopic (exact) mass is 338 g/mol. The van der Waals surface area contributed by atoms with Gasteiger partial charge in [0.25, 0.3) is 5.91 Å². The predicted molar refractivity (Wildman–Crippen MR) is 89.6 cm³/mol. The Balaban J connectivity index is 1.86. The van der Waals surface area contributed by atoms with Crippen molar-refractivity contribution in [2.45, 2.75) is 31.8 Å². The Morgan fingerprint density at radius 1 is 1.26 bits per heavy atom. The third-order valence-electron chi connectivity index (χ3n) is 4.88. The van der Waals surface area contributed by atoms with Crippen molar-refractivity contribution < 1.29 is 14.3 Å². The molecule has 23 heavy (non-hydrogen) atoms. The Kier molecular flexibility index (Phi) is 4.69. The number of carbonyl (C=O) groups excluding carboxylic acids is 1. The summed E-state index contributed by atoms with van der Waals surface area (Å²) in [6, 6.07) is 4.06. The number of hydrogen-bond acceptors (Lipinski definition) is 4. The van der Waals surface area contributed by atoms with Crippen molar-refractivity contribution in [1.29, 1.82) is 0 Å². The van der Waals surface area contributed by atoms with Gasteiger partial charge < -0.3 is 14.4 Å². The number of rotatable bonds is 3. The van der Waals surface area contributed by atoms with Gasteiger partial charge in [0, 0.05) is 30.7 Å². The van der Waals surface area contributed by atoms with Gasteiger partial charge in [0.15, 0.2) is 11.5 Å². The van der Waals surface area contributed by atoms with Crippen LogP contribution >= 0.6 is 11.6 Å². The zero-order chi connectivity index (χ0) is 16.6. The van der Waals surface area contributed by atoms with Crippen LogP contribution in [0.1, 0.15) is 30.1 Å². The van der Waals surface area contributed by atoms with Gasteiger partial charge in [-0.2, -0.15) is 0 Å². The molecule has 0 aromatic heterocycles. The van der Waals surface area contributed by atoms with Crippen molar-refractivity contribution in [1.82, 2.24) is 9.80 Å². The standard InChI is InChI=1S/C17H23ClN2O3/c1-11-9-19-6-4-5-13(19)10-20(11)17(21)12-7-14(18)16(23-3)15(8-12)22-2/h7-8,11,13H,4-6,9-10H2,1-3H3/t11-,13-/m1/s1.